The normalized spacial score (nSPS) is 13.6. The van der Waals surface area contributed by atoms with E-state index >= 15 is 0 Å². The van der Waals surface area contributed by atoms with E-state index in [-0.39, 0.29) is 11.5 Å². The molecule has 0 saturated heterocycles. The van der Waals surface area contributed by atoms with Crippen molar-refractivity contribution in [1.29, 1.82) is 5.26 Å². The van der Waals surface area contributed by atoms with Crippen LogP contribution in [0.15, 0.2) is 11.6 Å². The van der Waals surface area contributed by atoms with Crippen LogP contribution in [0.4, 0.5) is 0 Å². The van der Waals surface area contributed by atoms with Crippen molar-refractivity contribution >= 4 is 5.97 Å². The molecule has 0 fully saturated rings. The Morgan fingerprint density at radius 2 is 2.33 bits per heavy atom. The topological polar surface area (TPSA) is 61.1 Å². The van der Waals surface area contributed by atoms with E-state index in [0.29, 0.717) is 0 Å². The van der Waals surface area contributed by atoms with Crippen LogP contribution in [0, 0.1) is 17.2 Å². The lowest BCUT2D eigenvalue weighted by Crippen LogP contribution is -2.09. The number of aliphatic carboxylic acids is 1. The summed E-state index contributed by atoms with van der Waals surface area (Å²) in [5.74, 6) is -1.02. The van der Waals surface area contributed by atoms with Crippen molar-refractivity contribution in [3.8, 4) is 6.07 Å². The minimum Gasteiger partial charge on any atom is -0.478 e. The highest BCUT2D eigenvalue weighted by molar-refractivity contribution is 5.87. The summed E-state index contributed by atoms with van der Waals surface area (Å²) < 4.78 is 0. The first kappa shape index (κ1) is 10.7. The molecule has 66 valence electrons. The molecule has 0 aromatic heterocycles. The molecule has 1 atom stereocenters. The van der Waals surface area contributed by atoms with E-state index in [2.05, 4.69) is 0 Å². The molecule has 3 heteroatoms. The van der Waals surface area contributed by atoms with E-state index in [1.54, 1.807) is 6.07 Å². The number of hydrogen-bond acceptors (Lipinski definition) is 2. The molecule has 0 aliphatic heterocycles. The molecule has 0 aliphatic carbocycles. The number of carboxylic acids is 1. The number of nitriles is 1. The summed E-state index contributed by atoms with van der Waals surface area (Å²) in [4.78, 5) is 10.6. The highest BCUT2D eigenvalue weighted by Gasteiger charge is 2.14. The summed E-state index contributed by atoms with van der Waals surface area (Å²) in [6.07, 6.45) is 2.85. The van der Waals surface area contributed by atoms with Crippen molar-refractivity contribution in [2.24, 2.45) is 5.92 Å². The fraction of sp³-hybridized carbons (Fsp3) is 0.556. The Kier molecular flexibility index (Phi) is 4.78. The lowest BCUT2D eigenvalue weighted by molar-refractivity contribution is -0.133. The third-order valence-corrected chi connectivity index (χ3v) is 1.72. The molecule has 0 amide bonds. The molecule has 1 N–H and O–H groups in total. The van der Waals surface area contributed by atoms with Gasteiger partial charge < -0.3 is 5.11 Å². The second-order valence-electron chi connectivity index (χ2n) is 2.72. The van der Waals surface area contributed by atoms with Gasteiger partial charge in [-0.15, -0.1) is 0 Å². The van der Waals surface area contributed by atoms with Gasteiger partial charge in [-0.25, -0.2) is 4.79 Å². The first-order valence-corrected chi connectivity index (χ1v) is 3.96. The monoisotopic (exact) mass is 167 g/mol. The van der Waals surface area contributed by atoms with Crippen molar-refractivity contribution < 1.29 is 9.90 Å². The Hall–Kier alpha value is -1.30. The van der Waals surface area contributed by atoms with Gasteiger partial charge in [0.15, 0.2) is 0 Å². The van der Waals surface area contributed by atoms with Crippen molar-refractivity contribution in [1.82, 2.24) is 0 Å². The zero-order valence-corrected chi connectivity index (χ0v) is 7.37. The van der Waals surface area contributed by atoms with E-state index in [0.717, 1.165) is 18.9 Å². The van der Waals surface area contributed by atoms with Crippen LogP contribution >= 0.6 is 0 Å². The van der Waals surface area contributed by atoms with Crippen molar-refractivity contribution in [2.45, 2.75) is 26.7 Å². The van der Waals surface area contributed by atoms with Gasteiger partial charge in [0.1, 0.15) is 0 Å². The quantitative estimate of drug-likeness (QED) is 0.514. The van der Waals surface area contributed by atoms with Gasteiger partial charge in [0.25, 0.3) is 0 Å². The SMILES string of the molecule is CCCC(C)/C(=C/C#N)C(=O)O. The van der Waals surface area contributed by atoms with Crippen LogP contribution in [0.2, 0.25) is 0 Å². The summed E-state index contributed by atoms with van der Waals surface area (Å²) in [6.45, 7) is 3.81. The minimum absolute atomic E-state index is 0.0350. The maximum atomic E-state index is 10.6. The van der Waals surface area contributed by atoms with Crippen molar-refractivity contribution in [3.63, 3.8) is 0 Å². The van der Waals surface area contributed by atoms with Gasteiger partial charge in [0.2, 0.25) is 0 Å². The van der Waals surface area contributed by atoms with E-state index in [9.17, 15) is 4.79 Å². The Balaban J connectivity index is 4.43. The first-order chi connectivity index (χ1) is 5.63. The maximum absolute atomic E-state index is 10.6. The van der Waals surface area contributed by atoms with E-state index < -0.39 is 5.97 Å². The highest BCUT2D eigenvalue weighted by atomic mass is 16.4. The Morgan fingerprint density at radius 3 is 2.67 bits per heavy atom. The molecule has 12 heavy (non-hydrogen) atoms. The summed E-state index contributed by atoms with van der Waals surface area (Å²) in [6, 6.07) is 1.75. The summed E-state index contributed by atoms with van der Waals surface area (Å²) in [5.41, 5.74) is 0.208. The molecule has 0 saturated carbocycles. The van der Waals surface area contributed by atoms with Crippen molar-refractivity contribution in [2.75, 3.05) is 0 Å². The summed E-state index contributed by atoms with van der Waals surface area (Å²) in [5, 5.41) is 17.0. The minimum atomic E-state index is -0.988. The fourth-order valence-corrected chi connectivity index (χ4v) is 1.07. The van der Waals surface area contributed by atoms with Gasteiger partial charge in [0.05, 0.1) is 11.6 Å². The number of hydrogen-bond donors (Lipinski definition) is 1. The standard InChI is InChI=1S/C9H13NO2/c1-3-4-7(2)8(5-6-10)9(11)12/h5,7H,3-4H2,1-2H3,(H,11,12)/b8-5-. The van der Waals surface area contributed by atoms with Crippen molar-refractivity contribution in [3.05, 3.63) is 11.6 Å². The van der Waals surface area contributed by atoms with Gasteiger partial charge in [0, 0.05) is 6.08 Å². The lowest BCUT2D eigenvalue weighted by Gasteiger charge is -2.08. The smallest absolute Gasteiger partial charge is 0.332 e. The Morgan fingerprint density at radius 1 is 1.75 bits per heavy atom. The molecule has 0 rings (SSSR count). The first-order valence-electron chi connectivity index (χ1n) is 3.96. The zero-order valence-electron chi connectivity index (χ0n) is 7.37. The van der Waals surface area contributed by atoms with Crippen LogP contribution in [0.1, 0.15) is 26.7 Å². The molecule has 0 radical (unpaired) electrons. The molecule has 0 aliphatic rings. The predicted molar refractivity (Wildman–Crippen MR) is 45.4 cm³/mol. The molecular weight excluding hydrogens is 154 g/mol. The van der Waals surface area contributed by atoms with E-state index in [4.69, 9.17) is 10.4 Å². The molecule has 0 spiro atoms. The van der Waals surface area contributed by atoms with Gasteiger partial charge in [-0.2, -0.15) is 5.26 Å². The average Bonchev–Trinajstić information content (AvgIpc) is 1.99. The Labute approximate surface area is 72.3 Å². The molecular formula is C9H13NO2. The van der Waals surface area contributed by atoms with E-state index in [1.807, 2.05) is 13.8 Å². The van der Waals surface area contributed by atoms with Crippen LogP contribution in [0.5, 0.6) is 0 Å². The molecule has 0 aromatic carbocycles. The van der Waals surface area contributed by atoms with Gasteiger partial charge >= 0.3 is 5.97 Å². The maximum Gasteiger partial charge on any atom is 0.332 e. The van der Waals surface area contributed by atoms with E-state index in [1.165, 1.54) is 0 Å². The number of allylic oxidation sites excluding steroid dienone is 1. The average molecular weight is 167 g/mol. The molecule has 0 aromatic rings. The Bertz CT molecular complexity index is 225. The number of carboxylic acid groups (broad SMARTS) is 1. The third kappa shape index (κ3) is 3.20. The zero-order chi connectivity index (χ0) is 9.56. The highest BCUT2D eigenvalue weighted by Crippen LogP contribution is 2.15. The predicted octanol–water partition coefficient (Wildman–Crippen LogP) is 1.96. The summed E-state index contributed by atoms with van der Waals surface area (Å²) in [7, 11) is 0. The number of carbonyl (C=O) groups is 1. The fourth-order valence-electron chi connectivity index (χ4n) is 1.07. The van der Waals surface area contributed by atoms with Crippen LogP contribution in [-0.4, -0.2) is 11.1 Å². The largest absolute Gasteiger partial charge is 0.478 e. The second-order valence-corrected chi connectivity index (χ2v) is 2.72. The third-order valence-electron chi connectivity index (χ3n) is 1.72. The van der Waals surface area contributed by atoms with Crippen LogP contribution in [-0.2, 0) is 4.79 Å². The molecule has 3 nitrogen and oxygen atoms in total. The number of rotatable bonds is 4. The van der Waals surface area contributed by atoms with Gasteiger partial charge in [-0.3, -0.25) is 0 Å². The number of nitrogens with zero attached hydrogens (tertiary/aromatic N) is 1. The van der Waals surface area contributed by atoms with Crippen LogP contribution in [0.25, 0.3) is 0 Å². The molecule has 0 heterocycles. The van der Waals surface area contributed by atoms with Crippen LogP contribution in [0.3, 0.4) is 0 Å². The summed E-state index contributed by atoms with van der Waals surface area (Å²) >= 11 is 0. The molecule has 0 bridgehead atoms. The molecule has 1 unspecified atom stereocenters. The van der Waals surface area contributed by atoms with Gasteiger partial charge in [-0.05, 0) is 12.3 Å². The lowest BCUT2D eigenvalue weighted by atomic mass is 9.96. The second kappa shape index (κ2) is 5.36. The van der Waals surface area contributed by atoms with Crippen LogP contribution < -0.4 is 0 Å². The van der Waals surface area contributed by atoms with Gasteiger partial charge in [-0.1, -0.05) is 20.3 Å².